The second-order valence-corrected chi connectivity index (χ2v) is 5.54. The van der Waals surface area contributed by atoms with Crippen LogP contribution in [-0.4, -0.2) is 29.4 Å². The van der Waals surface area contributed by atoms with Crippen LogP contribution in [0.3, 0.4) is 0 Å². The molecule has 25 heavy (non-hydrogen) atoms. The summed E-state index contributed by atoms with van der Waals surface area (Å²) in [6.45, 7) is 5.33. The summed E-state index contributed by atoms with van der Waals surface area (Å²) in [5.74, 6) is 0.409. The van der Waals surface area contributed by atoms with Crippen LogP contribution in [0.15, 0.2) is 33.6 Å². The first-order valence-electron chi connectivity index (χ1n) is 7.82. The maximum absolute atomic E-state index is 12.1. The van der Waals surface area contributed by atoms with Crippen LogP contribution in [0.4, 0.5) is 0 Å². The van der Waals surface area contributed by atoms with E-state index in [1.165, 1.54) is 4.74 Å². The van der Waals surface area contributed by atoms with Gasteiger partial charge in [-0.05, 0) is 44.5 Å². The van der Waals surface area contributed by atoms with Gasteiger partial charge in [-0.3, -0.25) is 0 Å². The maximum atomic E-state index is 12.1. The number of aryl methyl sites for hydroxylation is 1. The monoisotopic (exact) mass is 342 g/mol. The lowest BCUT2D eigenvalue weighted by molar-refractivity contribution is 0.0523. The summed E-state index contributed by atoms with van der Waals surface area (Å²) in [5, 5.41) is 0.930. The summed E-state index contributed by atoms with van der Waals surface area (Å²) >= 11 is 0. The van der Waals surface area contributed by atoms with E-state index < -0.39 is 11.6 Å². The molecule has 0 saturated carbocycles. The molecular weight excluding hydrogens is 324 g/mol. The van der Waals surface area contributed by atoms with Crippen LogP contribution in [0.1, 0.15) is 28.5 Å². The number of fused-ring (bicyclic) bond motifs is 1. The van der Waals surface area contributed by atoms with Crippen LogP contribution in [-0.2, 0) is 4.74 Å². The number of esters is 1. The molecule has 2 aromatic heterocycles. The number of carbonyl (C=O) groups is 1. The van der Waals surface area contributed by atoms with Gasteiger partial charge >= 0.3 is 11.6 Å². The molecule has 0 bridgehead atoms. The van der Waals surface area contributed by atoms with Gasteiger partial charge in [0, 0.05) is 11.5 Å². The minimum Gasteiger partial charge on any atom is -0.497 e. The Balaban J connectivity index is 2.19. The van der Waals surface area contributed by atoms with Crippen LogP contribution < -0.4 is 10.4 Å². The molecule has 0 radical (unpaired) electrons. The van der Waals surface area contributed by atoms with Crippen molar-refractivity contribution >= 4 is 16.9 Å². The van der Waals surface area contributed by atoms with E-state index in [4.69, 9.17) is 14.0 Å². The van der Waals surface area contributed by atoms with E-state index in [1.807, 2.05) is 25.1 Å². The van der Waals surface area contributed by atoms with Gasteiger partial charge in [0.15, 0.2) is 11.4 Å². The molecule has 0 unspecified atom stereocenters. The van der Waals surface area contributed by atoms with Crippen molar-refractivity contribution in [1.82, 2.24) is 9.72 Å². The number of hydrogen-bond donors (Lipinski definition) is 0. The van der Waals surface area contributed by atoms with Gasteiger partial charge in [0.2, 0.25) is 0 Å². The predicted octanol–water partition coefficient (Wildman–Crippen LogP) is 2.78. The Kier molecular flexibility index (Phi) is 4.31. The van der Waals surface area contributed by atoms with E-state index in [1.54, 1.807) is 27.0 Å². The number of pyridine rings is 1. The Hall–Kier alpha value is -3.09. The molecule has 0 amide bonds. The number of carbonyl (C=O) groups excluding carboxylic acids is 1. The van der Waals surface area contributed by atoms with Crippen LogP contribution in [0.5, 0.6) is 5.75 Å². The molecule has 0 N–H and O–H groups in total. The summed E-state index contributed by atoms with van der Waals surface area (Å²) < 4.78 is 16.7. The second-order valence-electron chi connectivity index (χ2n) is 5.54. The average Bonchev–Trinajstić information content (AvgIpc) is 2.88. The zero-order valence-corrected chi connectivity index (χ0v) is 14.5. The molecule has 130 valence electrons. The molecule has 0 saturated heterocycles. The summed E-state index contributed by atoms with van der Waals surface area (Å²) in [7, 11) is 1.58. The second kappa shape index (κ2) is 6.43. The molecule has 0 aliphatic heterocycles. The van der Waals surface area contributed by atoms with Crippen molar-refractivity contribution in [2.45, 2.75) is 20.8 Å². The summed E-state index contributed by atoms with van der Waals surface area (Å²) in [6, 6.07) is 7.48. The first-order chi connectivity index (χ1) is 12.0. The van der Waals surface area contributed by atoms with Gasteiger partial charge in [0.1, 0.15) is 5.75 Å². The van der Waals surface area contributed by atoms with Crippen LogP contribution in [0, 0.1) is 13.8 Å². The standard InChI is InChI=1S/C18H18N2O5/c1-5-24-17(21)15-11(3)20(25-18(15)22)16-10(2)8-12-6-7-13(23-4)9-14(12)19-16/h6-9H,5H2,1-4H3. The number of methoxy groups -OCH3 is 1. The Morgan fingerprint density at radius 2 is 2.04 bits per heavy atom. The summed E-state index contributed by atoms with van der Waals surface area (Å²) in [5.41, 5.74) is 0.973. The molecule has 3 aromatic rings. The highest BCUT2D eigenvalue weighted by Crippen LogP contribution is 2.24. The van der Waals surface area contributed by atoms with Gasteiger partial charge in [-0.1, -0.05) is 0 Å². The molecule has 0 aliphatic carbocycles. The van der Waals surface area contributed by atoms with Gasteiger partial charge in [-0.25, -0.2) is 14.6 Å². The fraction of sp³-hybridized carbons (Fsp3) is 0.278. The first-order valence-corrected chi connectivity index (χ1v) is 7.82. The highest BCUT2D eigenvalue weighted by atomic mass is 16.5. The molecule has 0 fully saturated rings. The third-order valence-corrected chi connectivity index (χ3v) is 3.91. The van der Waals surface area contributed by atoms with Crippen LogP contribution >= 0.6 is 0 Å². The van der Waals surface area contributed by atoms with Gasteiger partial charge in [-0.15, -0.1) is 0 Å². The van der Waals surface area contributed by atoms with Gasteiger partial charge in [0.05, 0.1) is 24.9 Å². The molecular formula is C18H18N2O5. The number of aromatic nitrogens is 2. The zero-order chi connectivity index (χ0) is 18.1. The van der Waals surface area contributed by atoms with E-state index in [2.05, 4.69) is 4.98 Å². The van der Waals surface area contributed by atoms with Crippen molar-refractivity contribution < 1.29 is 18.8 Å². The van der Waals surface area contributed by atoms with Crippen molar-refractivity contribution in [3.63, 3.8) is 0 Å². The van der Waals surface area contributed by atoms with Gasteiger partial charge in [0.25, 0.3) is 0 Å². The lowest BCUT2D eigenvalue weighted by atomic mass is 10.1. The molecule has 2 heterocycles. The van der Waals surface area contributed by atoms with E-state index in [-0.39, 0.29) is 12.2 Å². The fourth-order valence-corrected chi connectivity index (χ4v) is 2.66. The van der Waals surface area contributed by atoms with E-state index in [9.17, 15) is 9.59 Å². The third kappa shape index (κ3) is 2.88. The maximum Gasteiger partial charge on any atom is 0.372 e. The number of nitrogens with zero attached hydrogens (tertiary/aromatic N) is 2. The zero-order valence-electron chi connectivity index (χ0n) is 14.5. The third-order valence-electron chi connectivity index (χ3n) is 3.91. The Morgan fingerprint density at radius 1 is 1.28 bits per heavy atom. The minimum atomic E-state index is -0.747. The highest BCUT2D eigenvalue weighted by Gasteiger charge is 2.24. The Morgan fingerprint density at radius 3 is 2.72 bits per heavy atom. The molecule has 0 spiro atoms. The normalized spacial score (nSPS) is 10.9. The van der Waals surface area contributed by atoms with Gasteiger partial charge in [-0.2, -0.15) is 4.74 Å². The summed E-state index contributed by atoms with van der Waals surface area (Å²) in [6.07, 6.45) is 0. The molecule has 0 aliphatic rings. The van der Waals surface area contributed by atoms with E-state index >= 15 is 0 Å². The first kappa shape index (κ1) is 16.8. The fourth-order valence-electron chi connectivity index (χ4n) is 2.66. The number of benzene rings is 1. The number of hydrogen-bond acceptors (Lipinski definition) is 6. The van der Waals surface area contributed by atoms with Crippen molar-refractivity contribution in [2.75, 3.05) is 13.7 Å². The summed E-state index contributed by atoms with van der Waals surface area (Å²) in [4.78, 5) is 28.6. The predicted molar refractivity (Wildman–Crippen MR) is 91.6 cm³/mol. The Labute approximate surface area is 143 Å². The minimum absolute atomic E-state index is 0.117. The molecule has 7 heteroatoms. The number of ether oxygens (including phenoxy) is 2. The smallest absolute Gasteiger partial charge is 0.372 e. The average molecular weight is 342 g/mol. The van der Waals surface area contributed by atoms with E-state index in [0.29, 0.717) is 22.8 Å². The van der Waals surface area contributed by atoms with Crippen LogP contribution in [0.25, 0.3) is 16.7 Å². The molecule has 1 aromatic carbocycles. The molecule has 7 nitrogen and oxygen atoms in total. The van der Waals surface area contributed by atoms with Crippen molar-refractivity contribution in [1.29, 1.82) is 0 Å². The van der Waals surface area contributed by atoms with E-state index in [0.717, 1.165) is 10.9 Å². The van der Waals surface area contributed by atoms with Crippen molar-refractivity contribution in [3.8, 4) is 11.6 Å². The lowest BCUT2D eigenvalue weighted by Crippen LogP contribution is -2.14. The largest absolute Gasteiger partial charge is 0.497 e. The SMILES string of the molecule is CCOC(=O)c1c(C)n(-c2nc3cc(OC)ccc3cc2C)oc1=O. The molecule has 0 atom stereocenters. The topological polar surface area (TPSA) is 83.6 Å². The number of rotatable bonds is 4. The van der Waals surface area contributed by atoms with Gasteiger partial charge < -0.3 is 14.0 Å². The van der Waals surface area contributed by atoms with Crippen molar-refractivity contribution in [2.24, 2.45) is 0 Å². The quantitative estimate of drug-likeness (QED) is 0.678. The lowest BCUT2D eigenvalue weighted by Gasteiger charge is -2.09. The highest BCUT2D eigenvalue weighted by molar-refractivity contribution is 5.90. The Bertz CT molecular complexity index is 1020. The van der Waals surface area contributed by atoms with Crippen LogP contribution in [0.2, 0.25) is 0 Å². The molecule has 3 rings (SSSR count). The van der Waals surface area contributed by atoms with Crippen molar-refractivity contribution in [3.05, 3.63) is 51.5 Å².